The number of ether oxygens (including phenoxy) is 1. The fraction of sp³-hybridized carbons (Fsp3) is 0.385. The zero-order chi connectivity index (χ0) is 14.0. The van der Waals surface area contributed by atoms with Crippen molar-refractivity contribution in [2.45, 2.75) is 13.0 Å². The van der Waals surface area contributed by atoms with Gasteiger partial charge in [0, 0.05) is 25.8 Å². The van der Waals surface area contributed by atoms with Gasteiger partial charge in [0.25, 0.3) is 5.91 Å². The summed E-state index contributed by atoms with van der Waals surface area (Å²) in [6.07, 6.45) is 0. The number of aromatic nitrogens is 2. The number of aryl methyl sites for hydroxylation is 1. The molecular weight excluding hydrogens is 266 g/mol. The molecule has 0 bridgehead atoms. The Morgan fingerprint density at radius 3 is 3.00 bits per heavy atom. The molecule has 102 valence electrons. The van der Waals surface area contributed by atoms with Gasteiger partial charge in [-0.1, -0.05) is 0 Å². The number of imidazole rings is 1. The molecule has 19 heavy (non-hydrogen) atoms. The van der Waals surface area contributed by atoms with E-state index in [-0.39, 0.29) is 11.9 Å². The van der Waals surface area contributed by atoms with E-state index in [2.05, 4.69) is 10.3 Å². The molecular formula is C13H16ClN3O2. The number of nitrogens with one attached hydrogen (secondary N) is 1. The van der Waals surface area contributed by atoms with Crippen LogP contribution in [-0.4, -0.2) is 35.2 Å². The lowest BCUT2D eigenvalue weighted by Crippen LogP contribution is -2.35. The maximum atomic E-state index is 12.0. The van der Waals surface area contributed by atoms with Crippen LogP contribution in [0.4, 0.5) is 0 Å². The minimum Gasteiger partial charge on any atom is -0.383 e. The first-order chi connectivity index (χ1) is 9.02. The quantitative estimate of drug-likeness (QED) is 0.932. The Morgan fingerprint density at radius 2 is 2.32 bits per heavy atom. The van der Waals surface area contributed by atoms with Crippen LogP contribution < -0.4 is 5.32 Å². The van der Waals surface area contributed by atoms with Crippen molar-refractivity contribution >= 4 is 28.5 Å². The van der Waals surface area contributed by atoms with E-state index in [0.717, 1.165) is 5.52 Å². The van der Waals surface area contributed by atoms with Gasteiger partial charge in [-0.25, -0.2) is 4.98 Å². The summed E-state index contributed by atoms with van der Waals surface area (Å²) in [5, 5.41) is 3.25. The summed E-state index contributed by atoms with van der Waals surface area (Å²) in [4.78, 5) is 16.2. The number of carbonyl (C=O) groups is 1. The van der Waals surface area contributed by atoms with Crippen LogP contribution in [-0.2, 0) is 11.8 Å². The van der Waals surface area contributed by atoms with Crippen molar-refractivity contribution in [2.24, 2.45) is 7.05 Å². The van der Waals surface area contributed by atoms with E-state index in [0.29, 0.717) is 23.0 Å². The average molecular weight is 282 g/mol. The molecule has 1 aromatic heterocycles. The number of rotatable bonds is 4. The van der Waals surface area contributed by atoms with E-state index in [9.17, 15) is 4.79 Å². The molecule has 0 unspecified atom stereocenters. The smallest absolute Gasteiger partial charge is 0.251 e. The maximum absolute atomic E-state index is 12.0. The van der Waals surface area contributed by atoms with Gasteiger partial charge in [-0.2, -0.15) is 0 Å². The zero-order valence-corrected chi connectivity index (χ0v) is 11.9. The molecule has 0 aliphatic carbocycles. The Morgan fingerprint density at radius 1 is 1.58 bits per heavy atom. The molecule has 1 atom stereocenters. The summed E-state index contributed by atoms with van der Waals surface area (Å²) in [5.74, 6) is -0.145. The van der Waals surface area contributed by atoms with Crippen molar-refractivity contribution in [1.82, 2.24) is 14.9 Å². The van der Waals surface area contributed by atoms with Crippen molar-refractivity contribution in [3.8, 4) is 0 Å². The van der Waals surface area contributed by atoms with Gasteiger partial charge >= 0.3 is 0 Å². The molecule has 5 nitrogen and oxygen atoms in total. The summed E-state index contributed by atoms with van der Waals surface area (Å²) in [5.41, 5.74) is 2.16. The standard InChI is InChI=1S/C13H16ClN3O2/c1-8(7-19-3)15-12(18)9-4-5-11-10(6-9)16-13(14)17(11)2/h4-6,8H,7H2,1-3H3,(H,15,18)/t8-/m1/s1. The molecule has 0 aliphatic heterocycles. The number of amides is 1. The Bertz CT molecular complexity index is 609. The topological polar surface area (TPSA) is 56.1 Å². The average Bonchev–Trinajstić information content (AvgIpc) is 2.65. The minimum atomic E-state index is -0.145. The highest BCUT2D eigenvalue weighted by Gasteiger charge is 2.12. The molecule has 1 amide bonds. The normalized spacial score (nSPS) is 12.6. The van der Waals surface area contributed by atoms with Gasteiger partial charge in [0.15, 0.2) is 0 Å². The van der Waals surface area contributed by atoms with E-state index in [1.165, 1.54) is 0 Å². The number of carbonyl (C=O) groups excluding carboxylic acids is 1. The van der Waals surface area contributed by atoms with Crippen LogP contribution in [0.3, 0.4) is 0 Å². The Kier molecular flexibility index (Phi) is 4.07. The molecule has 0 spiro atoms. The van der Waals surface area contributed by atoms with Gasteiger partial charge in [0.1, 0.15) is 0 Å². The largest absolute Gasteiger partial charge is 0.383 e. The fourth-order valence-electron chi connectivity index (χ4n) is 1.91. The number of hydrogen-bond acceptors (Lipinski definition) is 3. The van der Waals surface area contributed by atoms with Crippen LogP contribution in [0.1, 0.15) is 17.3 Å². The lowest BCUT2D eigenvalue weighted by molar-refractivity contribution is 0.0905. The molecule has 1 aromatic carbocycles. The van der Waals surface area contributed by atoms with Crippen molar-refractivity contribution < 1.29 is 9.53 Å². The lowest BCUT2D eigenvalue weighted by atomic mass is 10.1. The van der Waals surface area contributed by atoms with Crippen LogP contribution in [0.15, 0.2) is 18.2 Å². The molecule has 0 radical (unpaired) electrons. The van der Waals surface area contributed by atoms with Crippen LogP contribution in [0.2, 0.25) is 5.28 Å². The van der Waals surface area contributed by atoms with E-state index < -0.39 is 0 Å². The fourth-order valence-corrected chi connectivity index (χ4v) is 2.09. The number of hydrogen-bond donors (Lipinski definition) is 1. The highest BCUT2D eigenvalue weighted by molar-refractivity contribution is 6.29. The van der Waals surface area contributed by atoms with Gasteiger partial charge in [0.2, 0.25) is 5.28 Å². The van der Waals surface area contributed by atoms with Gasteiger partial charge in [-0.15, -0.1) is 0 Å². The molecule has 6 heteroatoms. The molecule has 0 saturated heterocycles. The zero-order valence-electron chi connectivity index (χ0n) is 11.1. The molecule has 2 rings (SSSR count). The monoisotopic (exact) mass is 281 g/mol. The maximum Gasteiger partial charge on any atom is 0.251 e. The summed E-state index contributed by atoms with van der Waals surface area (Å²) < 4.78 is 6.75. The van der Waals surface area contributed by atoms with E-state index in [4.69, 9.17) is 16.3 Å². The van der Waals surface area contributed by atoms with Crippen LogP contribution in [0, 0.1) is 0 Å². The Balaban J connectivity index is 2.23. The summed E-state index contributed by atoms with van der Waals surface area (Å²) in [7, 11) is 3.43. The van der Waals surface area contributed by atoms with Crippen molar-refractivity contribution in [2.75, 3.05) is 13.7 Å². The second kappa shape index (κ2) is 5.59. The first kappa shape index (κ1) is 13.8. The SMILES string of the molecule is COC[C@@H](C)NC(=O)c1ccc2c(c1)nc(Cl)n2C. The molecule has 0 saturated carbocycles. The number of methoxy groups -OCH3 is 1. The minimum absolute atomic E-state index is 0.0412. The highest BCUT2D eigenvalue weighted by atomic mass is 35.5. The first-order valence-electron chi connectivity index (χ1n) is 5.94. The first-order valence-corrected chi connectivity index (χ1v) is 6.32. The molecule has 1 N–H and O–H groups in total. The van der Waals surface area contributed by atoms with Crippen molar-refractivity contribution in [3.05, 3.63) is 29.0 Å². The second-order valence-electron chi connectivity index (χ2n) is 4.47. The van der Waals surface area contributed by atoms with Crippen molar-refractivity contribution in [3.63, 3.8) is 0 Å². The molecule has 1 heterocycles. The molecule has 0 fully saturated rings. The summed E-state index contributed by atoms with van der Waals surface area (Å²) in [6, 6.07) is 5.29. The van der Waals surface area contributed by atoms with Crippen LogP contribution >= 0.6 is 11.6 Å². The van der Waals surface area contributed by atoms with Gasteiger partial charge in [-0.3, -0.25) is 4.79 Å². The van der Waals surface area contributed by atoms with E-state index >= 15 is 0 Å². The predicted octanol–water partition coefficient (Wildman–Crippen LogP) is 1.99. The predicted molar refractivity (Wildman–Crippen MR) is 74.5 cm³/mol. The van der Waals surface area contributed by atoms with Crippen LogP contribution in [0.5, 0.6) is 0 Å². The third-order valence-corrected chi connectivity index (χ3v) is 3.22. The van der Waals surface area contributed by atoms with Crippen LogP contribution in [0.25, 0.3) is 11.0 Å². The van der Waals surface area contributed by atoms with E-state index in [1.807, 2.05) is 20.0 Å². The third kappa shape index (κ3) is 2.88. The van der Waals surface area contributed by atoms with Gasteiger partial charge in [0.05, 0.1) is 17.6 Å². The number of fused-ring (bicyclic) bond motifs is 1. The molecule has 0 aliphatic rings. The molecule has 2 aromatic rings. The number of halogens is 1. The number of nitrogens with zero attached hydrogens (tertiary/aromatic N) is 2. The second-order valence-corrected chi connectivity index (χ2v) is 4.81. The summed E-state index contributed by atoms with van der Waals surface area (Å²) >= 11 is 5.94. The third-order valence-electron chi connectivity index (χ3n) is 2.88. The Hall–Kier alpha value is -1.59. The number of benzene rings is 1. The summed E-state index contributed by atoms with van der Waals surface area (Å²) in [6.45, 7) is 2.36. The van der Waals surface area contributed by atoms with Gasteiger partial charge in [-0.05, 0) is 36.7 Å². The van der Waals surface area contributed by atoms with Gasteiger partial charge < -0.3 is 14.6 Å². The Labute approximate surface area is 116 Å². The van der Waals surface area contributed by atoms with E-state index in [1.54, 1.807) is 23.8 Å². The lowest BCUT2D eigenvalue weighted by Gasteiger charge is -2.12. The highest BCUT2D eigenvalue weighted by Crippen LogP contribution is 2.19. The van der Waals surface area contributed by atoms with Crippen molar-refractivity contribution in [1.29, 1.82) is 0 Å².